The predicted octanol–water partition coefficient (Wildman–Crippen LogP) is 4.00. The summed E-state index contributed by atoms with van der Waals surface area (Å²) in [5, 5.41) is 0. The third-order valence-electron chi connectivity index (χ3n) is 6.87. The average molecular weight is 374 g/mol. The summed E-state index contributed by atoms with van der Waals surface area (Å²) in [4.78, 5) is 7.78. The summed E-state index contributed by atoms with van der Waals surface area (Å²) in [5.41, 5.74) is 7.07. The third kappa shape index (κ3) is 3.61. The highest BCUT2D eigenvalue weighted by atomic mass is 15.3. The monoisotopic (exact) mass is 373 g/mol. The van der Waals surface area contributed by atoms with Crippen LogP contribution in [-0.2, 0) is 6.42 Å². The molecule has 146 valence electrons. The first-order valence-electron chi connectivity index (χ1n) is 10.8. The summed E-state index contributed by atoms with van der Waals surface area (Å²) in [6.45, 7) is 7.29. The molecule has 0 unspecified atom stereocenters. The van der Waals surface area contributed by atoms with Gasteiger partial charge in [0.15, 0.2) is 0 Å². The van der Waals surface area contributed by atoms with Crippen LogP contribution in [0.2, 0.25) is 0 Å². The van der Waals surface area contributed by atoms with E-state index in [4.69, 9.17) is 0 Å². The lowest BCUT2D eigenvalue weighted by atomic mass is 9.99. The topological polar surface area (TPSA) is 9.72 Å². The minimum atomic E-state index is 0.778. The molecule has 28 heavy (non-hydrogen) atoms. The Bertz CT molecular complexity index is 856. The highest BCUT2D eigenvalue weighted by molar-refractivity contribution is 5.89. The van der Waals surface area contributed by atoms with Crippen LogP contribution >= 0.6 is 0 Å². The molecule has 0 bridgehead atoms. The molecule has 3 heteroatoms. The number of piperidine rings is 1. The van der Waals surface area contributed by atoms with Crippen molar-refractivity contribution in [2.75, 3.05) is 51.2 Å². The van der Waals surface area contributed by atoms with Gasteiger partial charge in [-0.05, 0) is 60.7 Å². The minimum absolute atomic E-state index is 0.778. The van der Waals surface area contributed by atoms with Gasteiger partial charge in [0.2, 0.25) is 0 Å². The normalized spacial score (nSPS) is 21.6. The molecule has 2 saturated heterocycles. The maximum Gasteiger partial charge on any atom is 0.0372 e. The van der Waals surface area contributed by atoms with E-state index < -0.39 is 0 Å². The second-order valence-corrected chi connectivity index (χ2v) is 8.65. The van der Waals surface area contributed by atoms with E-state index in [0.29, 0.717) is 0 Å². The molecule has 0 radical (unpaired) electrons. The van der Waals surface area contributed by atoms with E-state index >= 15 is 0 Å². The summed E-state index contributed by atoms with van der Waals surface area (Å²) in [6, 6.07) is 18.8. The second-order valence-electron chi connectivity index (χ2n) is 8.65. The molecule has 5 rings (SSSR count). The van der Waals surface area contributed by atoms with Crippen molar-refractivity contribution in [1.82, 2.24) is 9.80 Å². The summed E-state index contributed by atoms with van der Waals surface area (Å²) in [7, 11) is 2.24. The van der Waals surface area contributed by atoms with Gasteiger partial charge < -0.3 is 9.80 Å². The van der Waals surface area contributed by atoms with Crippen LogP contribution in [0.5, 0.6) is 0 Å². The van der Waals surface area contributed by atoms with Crippen molar-refractivity contribution in [3.05, 3.63) is 65.2 Å². The Hall–Kier alpha value is -2.10. The van der Waals surface area contributed by atoms with Gasteiger partial charge in [0.05, 0.1) is 0 Å². The molecule has 0 amide bonds. The first-order chi connectivity index (χ1) is 13.8. The lowest BCUT2D eigenvalue weighted by Crippen LogP contribution is -2.52. The number of piperazine rings is 1. The Morgan fingerprint density at radius 2 is 1.61 bits per heavy atom. The Labute approximate surface area is 169 Å². The van der Waals surface area contributed by atoms with Crippen LogP contribution in [0, 0.1) is 0 Å². The van der Waals surface area contributed by atoms with E-state index in [-0.39, 0.29) is 0 Å². The van der Waals surface area contributed by atoms with Crippen LogP contribution in [0.4, 0.5) is 5.69 Å². The molecule has 3 nitrogen and oxygen atoms in total. The van der Waals surface area contributed by atoms with Gasteiger partial charge in [-0.15, -0.1) is 0 Å². The van der Waals surface area contributed by atoms with Gasteiger partial charge in [-0.1, -0.05) is 42.5 Å². The number of allylic oxidation sites excluding steroid dienone is 1. The lowest BCUT2D eigenvalue weighted by molar-refractivity contribution is 0.0982. The van der Waals surface area contributed by atoms with Crippen LogP contribution < -0.4 is 4.90 Å². The molecule has 0 aromatic heterocycles. The number of anilines is 1. The lowest BCUT2D eigenvalue weighted by Gasteiger charge is -2.42. The van der Waals surface area contributed by atoms with Gasteiger partial charge in [0.25, 0.3) is 0 Å². The number of benzene rings is 2. The summed E-state index contributed by atoms with van der Waals surface area (Å²) < 4.78 is 0. The molecule has 2 aromatic carbocycles. The molecule has 0 spiro atoms. The Morgan fingerprint density at radius 3 is 2.39 bits per heavy atom. The quantitative estimate of drug-likeness (QED) is 0.805. The molecule has 2 fully saturated rings. The first-order valence-corrected chi connectivity index (χ1v) is 10.8. The number of hydrogen-bond donors (Lipinski definition) is 0. The highest BCUT2D eigenvalue weighted by Crippen LogP contribution is 2.33. The molecule has 1 aliphatic carbocycles. The van der Waals surface area contributed by atoms with Gasteiger partial charge in [0, 0.05) is 51.0 Å². The van der Waals surface area contributed by atoms with E-state index in [1.54, 1.807) is 0 Å². The predicted molar refractivity (Wildman–Crippen MR) is 119 cm³/mol. The molecule has 2 aliphatic heterocycles. The van der Waals surface area contributed by atoms with Gasteiger partial charge in [-0.3, -0.25) is 4.90 Å². The molecule has 2 aromatic rings. The van der Waals surface area contributed by atoms with Crippen molar-refractivity contribution in [3.63, 3.8) is 0 Å². The molecule has 0 atom stereocenters. The van der Waals surface area contributed by atoms with E-state index in [0.717, 1.165) is 12.5 Å². The summed E-state index contributed by atoms with van der Waals surface area (Å²) in [6.07, 6.45) is 6.02. The van der Waals surface area contributed by atoms with Crippen LogP contribution in [0.1, 0.15) is 29.5 Å². The van der Waals surface area contributed by atoms with Crippen molar-refractivity contribution < 1.29 is 0 Å². The number of likely N-dealkylation sites (N-methyl/N-ethyl adjacent to an activating group) is 1. The maximum atomic E-state index is 2.73. The molecular formula is C25H31N3. The van der Waals surface area contributed by atoms with E-state index in [1.807, 2.05) is 0 Å². The van der Waals surface area contributed by atoms with Crippen molar-refractivity contribution in [2.45, 2.75) is 25.3 Å². The van der Waals surface area contributed by atoms with E-state index in [2.05, 4.69) is 76.4 Å². The van der Waals surface area contributed by atoms with Gasteiger partial charge in [-0.2, -0.15) is 0 Å². The zero-order valence-electron chi connectivity index (χ0n) is 17.0. The Morgan fingerprint density at radius 1 is 0.821 bits per heavy atom. The number of rotatable bonds is 3. The Kier molecular flexibility index (Phi) is 4.96. The van der Waals surface area contributed by atoms with Crippen LogP contribution in [-0.4, -0.2) is 62.2 Å². The van der Waals surface area contributed by atoms with Gasteiger partial charge in [-0.25, -0.2) is 0 Å². The number of hydrogen-bond acceptors (Lipinski definition) is 3. The van der Waals surface area contributed by atoms with Crippen molar-refractivity contribution in [1.29, 1.82) is 0 Å². The molecule has 0 N–H and O–H groups in total. The van der Waals surface area contributed by atoms with Gasteiger partial charge >= 0.3 is 0 Å². The zero-order valence-corrected chi connectivity index (χ0v) is 17.0. The van der Waals surface area contributed by atoms with E-state index in [1.165, 1.54) is 80.1 Å². The standard InChI is InChI=1S/C25H31N3/c1-26-13-15-28(16-14-26)24-9-11-27(12-10-24)25-8-4-7-22(19-25)23-17-20-5-2-3-6-21(20)18-23/h2-8,17,19,24H,9-16,18H2,1H3. The number of fused-ring (bicyclic) bond motifs is 1. The zero-order chi connectivity index (χ0) is 18.9. The van der Waals surface area contributed by atoms with Crippen molar-refractivity contribution >= 4 is 17.3 Å². The minimum Gasteiger partial charge on any atom is -0.371 e. The van der Waals surface area contributed by atoms with Gasteiger partial charge in [0.1, 0.15) is 0 Å². The van der Waals surface area contributed by atoms with Crippen LogP contribution in [0.15, 0.2) is 48.5 Å². The second kappa shape index (κ2) is 7.73. The fourth-order valence-corrected chi connectivity index (χ4v) is 5.04. The number of nitrogens with zero attached hydrogens (tertiary/aromatic N) is 3. The van der Waals surface area contributed by atoms with Crippen LogP contribution in [0.25, 0.3) is 11.6 Å². The summed E-state index contributed by atoms with van der Waals surface area (Å²) in [5.74, 6) is 0. The summed E-state index contributed by atoms with van der Waals surface area (Å²) >= 11 is 0. The van der Waals surface area contributed by atoms with Crippen LogP contribution in [0.3, 0.4) is 0 Å². The highest BCUT2D eigenvalue weighted by Gasteiger charge is 2.27. The third-order valence-corrected chi connectivity index (χ3v) is 6.87. The fraction of sp³-hybridized carbons (Fsp3) is 0.440. The molecule has 3 aliphatic rings. The first kappa shape index (κ1) is 18.0. The van der Waals surface area contributed by atoms with Crippen molar-refractivity contribution in [2.24, 2.45) is 0 Å². The average Bonchev–Trinajstić information content (AvgIpc) is 3.19. The Balaban J connectivity index is 1.24. The fourth-order valence-electron chi connectivity index (χ4n) is 5.04. The van der Waals surface area contributed by atoms with E-state index in [9.17, 15) is 0 Å². The molecule has 0 saturated carbocycles. The molecule has 2 heterocycles. The smallest absolute Gasteiger partial charge is 0.0372 e. The maximum absolute atomic E-state index is 2.73. The van der Waals surface area contributed by atoms with Crippen molar-refractivity contribution in [3.8, 4) is 0 Å². The SMILES string of the molecule is CN1CCN(C2CCN(c3cccc(C4=Cc5ccccc5C4)c3)CC2)CC1. The molecular weight excluding hydrogens is 342 g/mol. The largest absolute Gasteiger partial charge is 0.371 e.